The molecule has 1 aliphatic heterocycles. The van der Waals surface area contributed by atoms with Crippen LogP contribution in [0.3, 0.4) is 0 Å². The molecule has 0 bridgehead atoms. The van der Waals surface area contributed by atoms with Crippen LogP contribution in [0.15, 0.2) is 12.2 Å². The summed E-state index contributed by atoms with van der Waals surface area (Å²) in [5.74, 6) is -3.36. The third kappa shape index (κ3) is 3.52. The topological polar surface area (TPSA) is 44.8 Å². The van der Waals surface area contributed by atoms with Gasteiger partial charge in [-0.05, 0) is 0 Å². The van der Waals surface area contributed by atoms with Crippen LogP contribution in [0.25, 0.3) is 0 Å². The van der Waals surface area contributed by atoms with E-state index in [0.29, 0.717) is 6.08 Å². The molecule has 0 aromatic carbocycles. The summed E-state index contributed by atoms with van der Waals surface area (Å²) in [5.41, 5.74) is 0. The summed E-state index contributed by atoms with van der Waals surface area (Å²) in [6, 6.07) is 0. The van der Waals surface area contributed by atoms with E-state index in [9.17, 15) is 31.1 Å². The largest absolute Gasteiger partial charge is 0.511 e. The fourth-order valence-electron chi connectivity index (χ4n) is 1.00. The first-order valence-corrected chi connectivity index (χ1v) is 4.37. The molecule has 18 heavy (non-hydrogen) atoms. The van der Waals surface area contributed by atoms with Crippen LogP contribution in [0, 0.1) is 0 Å². The van der Waals surface area contributed by atoms with Crippen LogP contribution < -0.4 is 0 Å². The van der Waals surface area contributed by atoms with Crippen molar-refractivity contribution in [3.8, 4) is 0 Å². The number of hydrogen-bond donors (Lipinski definition) is 0. The van der Waals surface area contributed by atoms with Crippen molar-refractivity contribution in [1.82, 2.24) is 0 Å². The first-order valence-electron chi connectivity index (χ1n) is 4.37. The molecule has 1 heterocycles. The average Bonchev–Trinajstić information content (AvgIpc) is 2.54. The van der Waals surface area contributed by atoms with Crippen molar-refractivity contribution in [3.05, 3.63) is 12.2 Å². The third-order valence-corrected chi connectivity index (χ3v) is 1.78. The van der Waals surface area contributed by atoms with Crippen LogP contribution in [-0.2, 0) is 14.2 Å². The Morgan fingerprint density at radius 2 is 1.89 bits per heavy atom. The summed E-state index contributed by atoms with van der Waals surface area (Å²) >= 11 is 0. The van der Waals surface area contributed by atoms with Gasteiger partial charge in [-0.25, -0.2) is 4.79 Å². The van der Waals surface area contributed by atoms with Gasteiger partial charge in [0.15, 0.2) is 6.61 Å². The second-order valence-corrected chi connectivity index (χ2v) is 3.15. The number of allylic oxidation sites excluding steroid dienone is 1. The lowest BCUT2D eigenvalue weighted by molar-refractivity contribution is -0.346. The monoisotopic (exact) mass is 280 g/mol. The minimum Gasteiger partial charge on any atom is -0.427 e. The van der Waals surface area contributed by atoms with Gasteiger partial charge in [0.05, 0.1) is 6.61 Å². The molecule has 0 amide bonds. The summed E-state index contributed by atoms with van der Waals surface area (Å²) < 4.78 is 84.5. The van der Waals surface area contributed by atoms with E-state index in [4.69, 9.17) is 0 Å². The van der Waals surface area contributed by atoms with Crippen LogP contribution in [-0.4, -0.2) is 37.5 Å². The minimum atomic E-state index is -5.12. The van der Waals surface area contributed by atoms with E-state index in [-0.39, 0.29) is 6.08 Å². The molecule has 0 spiro atoms. The third-order valence-electron chi connectivity index (χ3n) is 1.78. The Morgan fingerprint density at radius 3 is 2.28 bits per heavy atom. The Labute approximate surface area is 96.1 Å². The lowest BCUT2D eigenvalue weighted by Gasteiger charge is -2.26. The number of carbonyl (C=O) groups is 1. The van der Waals surface area contributed by atoms with Gasteiger partial charge < -0.3 is 14.2 Å². The summed E-state index contributed by atoms with van der Waals surface area (Å²) in [7, 11) is 0. The highest BCUT2D eigenvalue weighted by Gasteiger charge is 2.64. The summed E-state index contributed by atoms with van der Waals surface area (Å²) in [6.07, 6.45) is -11.4. The highest BCUT2D eigenvalue weighted by molar-refractivity contribution is 5.62. The maximum Gasteiger partial charge on any atom is 0.511 e. The summed E-state index contributed by atoms with van der Waals surface area (Å²) in [4.78, 5) is 10.5. The lowest BCUT2D eigenvalue weighted by atomic mass is 10.3. The van der Waals surface area contributed by atoms with Crippen molar-refractivity contribution in [1.29, 1.82) is 0 Å². The number of cyclic esters (lactones) is 2. The minimum absolute atomic E-state index is 0.297. The molecule has 1 saturated heterocycles. The number of alkyl halides is 6. The molecule has 10 heteroatoms. The van der Waals surface area contributed by atoms with Crippen molar-refractivity contribution in [2.24, 2.45) is 0 Å². The van der Waals surface area contributed by atoms with E-state index in [0.717, 1.165) is 0 Å². The number of ether oxygens (including phenoxy) is 3. The van der Waals surface area contributed by atoms with Crippen LogP contribution in [0.5, 0.6) is 0 Å². The highest BCUT2D eigenvalue weighted by Crippen LogP contribution is 2.38. The molecule has 1 unspecified atom stereocenters. The van der Waals surface area contributed by atoms with E-state index in [1.165, 1.54) is 0 Å². The zero-order chi connectivity index (χ0) is 14.0. The van der Waals surface area contributed by atoms with Crippen molar-refractivity contribution in [2.45, 2.75) is 18.1 Å². The maximum atomic E-state index is 12.5. The fourth-order valence-corrected chi connectivity index (χ4v) is 1.00. The van der Waals surface area contributed by atoms with Gasteiger partial charge >= 0.3 is 24.3 Å². The molecule has 1 fully saturated rings. The molecule has 1 aliphatic rings. The lowest BCUT2D eigenvalue weighted by Crippen LogP contribution is -2.50. The average molecular weight is 280 g/mol. The van der Waals surface area contributed by atoms with Crippen LogP contribution in [0.1, 0.15) is 0 Å². The molecule has 0 radical (unpaired) electrons. The second kappa shape index (κ2) is 4.67. The molecule has 0 aromatic rings. The Kier molecular flexibility index (Phi) is 3.79. The van der Waals surface area contributed by atoms with E-state index in [1.54, 1.807) is 0 Å². The molecule has 0 aromatic heterocycles. The van der Waals surface area contributed by atoms with Gasteiger partial charge in [0.1, 0.15) is 0 Å². The molecule has 0 saturated carbocycles. The highest BCUT2D eigenvalue weighted by atomic mass is 19.4. The number of carbonyl (C=O) groups excluding carboxylic acids is 1. The van der Waals surface area contributed by atoms with Gasteiger partial charge in [-0.2, -0.15) is 26.3 Å². The predicted molar refractivity (Wildman–Crippen MR) is 42.4 cm³/mol. The molecule has 4 nitrogen and oxygen atoms in total. The molecule has 1 atom stereocenters. The van der Waals surface area contributed by atoms with Crippen molar-refractivity contribution in [2.75, 3.05) is 13.2 Å². The summed E-state index contributed by atoms with van der Waals surface area (Å²) in [5, 5.41) is 0. The first-order chi connectivity index (χ1) is 8.06. The smallest absolute Gasteiger partial charge is 0.427 e. The van der Waals surface area contributed by atoms with Crippen LogP contribution in [0.2, 0.25) is 0 Å². The van der Waals surface area contributed by atoms with Crippen molar-refractivity contribution in [3.63, 3.8) is 0 Å². The molecule has 1 rings (SSSR count). The molecular formula is C8H6F6O4. The maximum absolute atomic E-state index is 12.5. The fraction of sp³-hybridized carbons (Fsp3) is 0.625. The molecule has 0 N–H and O–H groups in total. The van der Waals surface area contributed by atoms with Gasteiger partial charge in [0.2, 0.25) is 0 Å². The Bertz CT molecular complexity index is 346. The molecule has 104 valence electrons. The van der Waals surface area contributed by atoms with Crippen molar-refractivity contribution < 1.29 is 45.3 Å². The zero-order valence-corrected chi connectivity index (χ0v) is 8.47. The van der Waals surface area contributed by atoms with Gasteiger partial charge in [-0.15, -0.1) is 0 Å². The number of rotatable bonds is 3. The number of halogens is 6. The predicted octanol–water partition coefficient (Wildman–Crippen LogP) is 2.55. The van der Waals surface area contributed by atoms with Gasteiger partial charge in [-0.3, -0.25) is 0 Å². The van der Waals surface area contributed by atoms with Crippen molar-refractivity contribution >= 4 is 6.16 Å². The van der Waals surface area contributed by atoms with E-state index in [2.05, 4.69) is 14.2 Å². The Balaban J connectivity index is 2.66. The molecule has 0 aliphatic carbocycles. The van der Waals surface area contributed by atoms with Gasteiger partial charge in [0, 0.05) is 6.08 Å². The molecular weight excluding hydrogens is 274 g/mol. The van der Waals surface area contributed by atoms with Gasteiger partial charge in [-0.1, -0.05) is 6.08 Å². The normalized spacial score (nSPS) is 25.3. The van der Waals surface area contributed by atoms with Crippen LogP contribution in [0.4, 0.5) is 31.1 Å². The van der Waals surface area contributed by atoms with E-state index in [1.807, 2.05) is 0 Å². The second-order valence-electron chi connectivity index (χ2n) is 3.15. The van der Waals surface area contributed by atoms with Crippen LogP contribution >= 0.6 is 0 Å². The quantitative estimate of drug-likeness (QED) is 0.453. The van der Waals surface area contributed by atoms with E-state index < -0.39 is 37.5 Å². The Morgan fingerprint density at radius 1 is 1.28 bits per heavy atom. The van der Waals surface area contributed by atoms with Gasteiger partial charge in [0.25, 0.3) is 0 Å². The van der Waals surface area contributed by atoms with E-state index >= 15 is 0 Å². The Hall–Kier alpha value is -1.45. The first kappa shape index (κ1) is 14.6. The zero-order valence-electron chi connectivity index (χ0n) is 8.47. The number of hydrogen-bond acceptors (Lipinski definition) is 4. The SMILES string of the molecule is O=C1OCC(OCC=CC(F)(F)F)(C(F)(F)F)O1. The standard InChI is InChI=1S/C8H6F6O4/c9-7(10,11)2-1-3-17-6(8(12,13)14)4-16-5(15)18-6/h1-2H,3-4H2. The summed E-state index contributed by atoms with van der Waals surface area (Å²) in [6.45, 7) is -2.31.